The highest BCUT2D eigenvalue weighted by atomic mass is 16.8. The highest BCUT2D eigenvalue weighted by molar-refractivity contribution is 5.27. The minimum atomic E-state index is -2.04. The minimum Gasteiger partial charge on any atom is -0.394 e. The molecule has 482 valence electrons. The van der Waals surface area contributed by atoms with Gasteiger partial charge in [-0.3, -0.25) is 0 Å². The van der Waals surface area contributed by atoms with Crippen molar-refractivity contribution < 1.29 is 128 Å². The second-order valence-electron chi connectivity index (χ2n) is 28.2. The van der Waals surface area contributed by atoms with Crippen LogP contribution in [-0.4, -0.2) is 269 Å². The van der Waals surface area contributed by atoms with Crippen molar-refractivity contribution in [2.45, 2.75) is 272 Å². The van der Waals surface area contributed by atoms with Crippen LogP contribution in [0.25, 0.3) is 0 Å². The fourth-order valence-electron chi connectivity index (χ4n) is 18.3. The van der Waals surface area contributed by atoms with Gasteiger partial charge in [0.05, 0.1) is 56.9 Å². The molecule has 0 aromatic carbocycles. The molecular formula is C58H94O26. The molecule has 4 saturated carbocycles. The van der Waals surface area contributed by atoms with Gasteiger partial charge in [-0.1, -0.05) is 39.3 Å². The lowest BCUT2D eigenvalue weighted by Gasteiger charge is -2.70. The molecule has 26 nitrogen and oxygen atoms in total. The third-order valence-corrected chi connectivity index (χ3v) is 22.5. The molecule has 84 heavy (non-hydrogen) atoms. The van der Waals surface area contributed by atoms with Crippen LogP contribution in [0.2, 0.25) is 0 Å². The Morgan fingerprint density at radius 3 is 1.93 bits per heavy atom. The second-order valence-corrected chi connectivity index (χ2v) is 28.2. The van der Waals surface area contributed by atoms with Crippen LogP contribution in [0.3, 0.4) is 0 Å². The normalized spacial score (nSPS) is 57.1. The molecule has 0 aromatic heterocycles. The number of hydrogen-bond acceptors (Lipinski definition) is 26. The number of hydrogen-bond donors (Lipinski definition) is 14. The predicted octanol–water partition coefficient (Wildman–Crippen LogP) is -2.72. The van der Waals surface area contributed by atoms with Gasteiger partial charge in [0.2, 0.25) is 0 Å². The first kappa shape index (κ1) is 64.2. The Hall–Kier alpha value is -1.30. The third kappa shape index (κ3) is 10.5. The van der Waals surface area contributed by atoms with Gasteiger partial charge in [0.15, 0.2) is 37.2 Å². The summed E-state index contributed by atoms with van der Waals surface area (Å²) in [6.07, 6.45) is -31.8. The maximum Gasteiger partial charge on any atom is 0.187 e. The summed E-state index contributed by atoms with van der Waals surface area (Å²) in [5.41, 5.74) is -0.980. The highest BCUT2D eigenvalue weighted by Gasteiger charge is 2.81. The maximum absolute atomic E-state index is 12.3. The highest BCUT2D eigenvalue weighted by Crippen LogP contribution is 2.80. The molecule has 7 saturated heterocycles. The molecular weight excluding hydrogens is 1110 g/mol. The van der Waals surface area contributed by atoms with E-state index in [1.165, 1.54) is 6.92 Å². The van der Waals surface area contributed by atoms with Crippen LogP contribution in [0.15, 0.2) is 11.6 Å². The Morgan fingerprint density at radius 1 is 0.583 bits per heavy atom. The molecule has 2 bridgehead atoms. The van der Waals surface area contributed by atoms with Gasteiger partial charge in [-0.2, -0.15) is 0 Å². The molecule has 2 unspecified atom stereocenters. The topological polar surface area (TPSA) is 394 Å². The van der Waals surface area contributed by atoms with E-state index >= 15 is 0 Å². The molecule has 11 fully saturated rings. The number of aliphatic hydroxyl groups excluding tert-OH is 13. The Kier molecular flexibility index (Phi) is 17.9. The van der Waals surface area contributed by atoms with Crippen molar-refractivity contribution in [1.29, 1.82) is 0 Å². The van der Waals surface area contributed by atoms with Crippen LogP contribution in [0.5, 0.6) is 0 Å². The maximum atomic E-state index is 12.3. The number of ether oxygens (including phenoxy) is 12. The van der Waals surface area contributed by atoms with Crippen LogP contribution >= 0.6 is 0 Å². The Labute approximate surface area is 488 Å². The summed E-state index contributed by atoms with van der Waals surface area (Å²) >= 11 is 0. The average molecular weight is 1210 g/mol. The van der Waals surface area contributed by atoms with Crippen LogP contribution in [0.4, 0.5) is 0 Å². The number of aliphatic hydroxyl groups is 14. The van der Waals surface area contributed by atoms with E-state index in [4.69, 9.17) is 56.8 Å². The minimum absolute atomic E-state index is 0.110. The Balaban J connectivity index is 0.870. The molecule has 26 heteroatoms. The van der Waals surface area contributed by atoms with E-state index in [2.05, 4.69) is 33.8 Å². The van der Waals surface area contributed by atoms with Crippen LogP contribution in [0.1, 0.15) is 107 Å². The summed E-state index contributed by atoms with van der Waals surface area (Å²) in [6.45, 7) is 14.8. The van der Waals surface area contributed by atoms with E-state index in [9.17, 15) is 71.5 Å². The lowest BCUT2D eigenvalue weighted by atomic mass is 9.35. The average Bonchev–Trinajstić information content (AvgIpc) is 1.44. The molecule has 0 aromatic rings. The summed E-state index contributed by atoms with van der Waals surface area (Å²) < 4.78 is 75.5. The third-order valence-electron chi connectivity index (χ3n) is 22.5. The summed E-state index contributed by atoms with van der Waals surface area (Å²) in [5, 5.41) is 154. The van der Waals surface area contributed by atoms with Crippen LogP contribution in [-0.2, 0) is 56.8 Å². The quantitative estimate of drug-likeness (QED) is 0.0658. The van der Waals surface area contributed by atoms with E-state index in [0.717, 1.165) is 44.1 Å². The predicted molar refractivity (Wildman–Crippen MR) is 283 cm³/mol. The van der Waals surface area contributed by atoms with E-state index in [1.807, 2.05) is 20.8 Å². The SMILES string of the molecule is CC(C)=CC1C[C@](C)(O)[C@@H]2[C@H]3CCC4[C@@]5(C)CC[C@H](O[C@@H]6OC[C@H](O)[C@H](O[C@@H]7O[C@H](CO[C@@H]8O[C@H](CO)[C@@H](O)[C@H](O)[C@H]8O)[C@@H](O)[C@H](O)[C@H]7O[C@@H]7OC[C@@H](O)[C@H](O)[C@H]7O)[C@H]6O[C@@H]6O[C@@H](C)[C@H](O)[C@@H](O)[C@H]6O)C(C)(C)[C@@H]5CC[C@@]4(C)[C@@]34CO[C@@]2(C4)O1. The molecule has 14 N–H and O–H groups in total. The van der Waals surface area contributed by atoms with Gasteiger partial charge in [-0.15, -0.1) is 0 Å². The summed E-state index contributed by atoms with van der Waals surface area (Å²) in [7, 11) is 0. The van der Waals surface area contributed by atoms with E-state index in [0.29, 0.717) is 19.4 Å². The molecule has 2 spiro atoms. The molecule has 4 aliphatic carbocycles. The fraction of sp³-hybridized carbons (Fsp3) is 0.966. The van der Waals surface area contributed by atoms with E-state index in [-0.39, 0.29) is 46.0 Å². The zero-order chi connectivity index (χ0) is 60.7. The van der Waals surface area contributed by atoms with Gasteiger partial charge in [-0.05, 0) is 100 Å². The first-order valence-electron chi connectivity index (χ1n) is 30.3. The monoisotopic (exact) mass is 1210 g/mol. The van der Waals surface area contributed by atoms with E-state index < -0.39 is 191 Å². The smallest absolute Gasteiger partial charge is 0.187 e. The van der Waals surface area contributed by atoms with Gasteiger partial charge in [0, 0.05) is 24.2 Å². The van der Waals surface area contributed by atoms with Crippen LogP contribution < -0.4 is 0 Å². The summed E-state index contributed by atoms with van der Waals surface area (Å²) in [6, 6.07) is 0. The number of allylic oxidation sites excluding steroid dienone is 1. The van der Waals surface area contributed by atoms with Gasteiger partial charge in [0.1, 0.15) is 104 Å². The van der Waals surface area contributed by atoms with Gasteiger partial charge in [-0.25, -0.2) is 0 Å². The molecule has 0 amide bonds. The Bertz CT molecular complexity index is 2330. The van der Waals surface area contributed by atoms with Crippen molar-refractivity contribution in [2.24, 2.45) is 45.3 Å². The van der Waals surface area contributed by atoms with Gasteiger partial charge < -0.3 is 128 Å². The number of fused-ring (bicyclic) bond motifs is 4. The standard InChI is InChI=1S/C58H94O26/c1-23(2)15-25-16-56(8,72)47-26-9-10-32-54(6)13-12-33(53(4,5)31(54)11-14-55(32,7)57(26)21-58(47,84-25)76-22-57)80-51-46(83-50-43(71)38(66)34(62)24(3)77-50)44(28(61)19-74-51)81-52-45(82-49-41(69)35(63)27(60)18-73-49)40(68)37(65)30(79-52)20-75-48-42(70)39(67)36(64)29(17-59)78-48/h15,24-52,59-72H,9-14,16-22H2,1-8H3/t24-,25?,26+,27+,28-,29+,30+,31-,32?,33-,34-,35-,36+,37+,38+,39-,40-,41+,42+,43+,44-,45+,46+,47-,48+,49-,50-,51-,52-,54-,55+,56-,57-,58-/m0/s1. The molecule has 0 radical (unpaired) electrons. The fourth-order valence-corrected chi connectivity index (χ4v) is 18.3. The molecule has 11 aliphatic rings. The first-order valence-corrected chi connectivity index (χ1v) is 30.3. The van der Waals surface area contributed by atoms with Crippen molar-refractivity contribution in [3.8, 4) is 0 Å². The molecule has 11 rings (SSSR count). The van der Waals surface area contributed by atoms with E-state index in [1.54, 1.807) is 0 Å². The molecule has 7 heterocycles. The van der Waals surface area contributed by atoms with Crippen molar-refractivity contribution in [1.82, 2.24) is 0 Å². The largest absolute Gasteiger partial charge is 0.394 e. The lowest BCUT2D eigenvalue weighted by molar-refractivity contribution is -0.401. The van der Waals surface area contributed by atoms with Gasteiger partial charge >= 0.3 is 0 Å². The van der Waals surface area contributed by atoms with Gasteiger partial charge in [0.25, 0.3) is 0 Å². The zero-order valence-corrected chi connectivity index (χ0v) is 49.2. The molecule has 34 atom stereocenters. The van der Waals surface area contributed by atoms with Crippen molar-refractivity contribution in [3.63, 3.8) is 0 Å². The summed E-state index contributed by atoms with van der Waals surface area (Å²) in [4.78, 5) is 0. The Morgan fingerprint density at radius 2 is 1.21 bits per heavy atom. The summed E-state index contributed by atoms with van der Waals surface area (Å²) in [5.74, 6) is -0.440. The molecule has 7 aliphatic heterocycles. The van der Waals surface area contributed by atoms with Crippen LogP contribution in [0, 0.1) is 45.3 Å². The lowest BCUT2D eigenvalue weighted by Crippen LogP contribution is -2.68. The number of rotatable bonds is 13. The zero-order valence-electron chi connectivity index (χ0n) is 49.2. The van der Waals surface area contributed by atoms with Crippen molar-refractivity contribution in [2.75, 3.05) is 33.0 Å². The first-order chi connectivity index (χ1) is 39.4. The van der Waals surface area contributed by atoms with Crippen molar-refractivity contribution >= 4 is 0 Å². The van der Waals surface area contributed by atoms with Crippen molar-refractivity contribution in [3.05, 3.63) is 11.6 Å². The second kappa shape index (κ2) is 23.4.